The van der Waals surface area contributed by atoms with Crippen molar-refractivity contribution in [1.82, 2.24) is 0 Å². The average molecular weight is 273 g/mol. The highest BCUT2D eigenvalue weighted by Crippen LogP contribution is 2.25. The van der Waals surface area contributed by atoms with Crippen LogP contribution < -0.4 is 5.43 Å². The number of hydrazone groups is 1. The van der Waals surface area contributed by atoms with E-state index in [-0.39, 0.29) is 5.78 Å². The van der Waals surface area contributed by atoms with Crippen LogP contribution in [-0.4, -0.2) is 12.0 Å². The number of Topliss-reactive ketones (excluding diaryl/α,β-unsaturated/α-hetero) is 1. The Labute approximate surface area is 111 Å². The molecule has 17 heavy (non-hydrogen) atoms. The highest BCUT2D eigenvalue weighted by molar-refractivity contribution is 6.36. The molecular formula is C12H14Cl2N2O. The van der Waals surface area contributed by atoms with Crippen molar-refractivity contribution < 1.29 is 4.79 Å². The normalized spacial score (nSPS) is 11.8. The predicted octanol–water partition coefficient (Wildman–Crippen LogP) is 4.01. The molecule has 0 fully saturated rings. The lowest BCUT2D eigenvalue weighted by atomic mass is 9.92. The van der Waals surface area contributed by atoms with Gasteiger partial charge in [-0.25, -0.2) is 0 Å². The summed E-state index contributed by atoms with van der Waals surface area (Å²) in [6.45, 7) is 5.49. The van der Waals surface area contributed by atoms with Crippen molar-refractivity contribution in [3.05, 3.63) is 28.2 Å². The van der Waals surface area contributed by atoms with E-state index in [0.29, 0.717) is 15.7 Å². The van der Waals surface area contributed by atoms with Crippen molar-refractivity contribution >= 4 is 40.9 Å². The lowest BCUT2D eigenvalue weighted by Crippen LogP contribution is -2.21. The van der Waals surface area contributed by atoms with Gasteiger partial charge in [-0.1, -0.05) is 44.0 Å². The molecule has 0 aliphatic rings. The topological polar surface area (TPSA) is 41.5 Å². The third kappa shape index (κ3) is 4.36. The van der Waals surface area contributed by atoms with E-state index < -0.39 is 5.41 Å². The summed E-state index contributed by atoms with van der Waals surface area (Å²) in [7, 11) is 0. The van der Waals surface area contributed by atoms with Crippen LogP contribution in [0.4, 0.5) is 5.69 Å². The fourth-order valence-corrected chi connectivity index (χ4v) is 1.38. The second-order valence-electron chi connectivity index (χ2n) is 4.61. The molecule has 1 aromatic rings. The van der Waals surface area contributed by atoms with Crippen LogP contribution in [0.25, 0.3) is 0 Å². The number of anilines is 1. The average Bonchev–Trinajstić information content (AvgIpc) is 2.19. The summed E-state index contributed by atoms with van der Waals surface area (Å²) >= 11 is 11.7. The first-order chi connectivity index (χ1) is 7.80. The molecule has 0 saturated heterocycles. The molecule has 5 heteroatoms. The van der Waals surface area contributed by atoms with Gasteiger partial charge in [0.25, 0.3) is 0 Å². The Bertz CT molecular complexity index is 450. The third-order valence-corrected chi connectivity index (χ3v) is 2.58. The molecule has 0 heterocycles. The van der Waals surface area contributed by atoms with Crippen molar-refractivity contribution in [2.24, 2.45) is 10.5 Å². The number of carbonyl (C=O) groups excluding carboxylic acids is 1. The van der Waals surface area contributed by atoms with E-state index in [1.807, 2.05) is 20.8 Å². The van der Waals surface area contributed by atoms with Gasteiger partial charge in [-0.2, -0.15) is 5.10 Å². The number of ketones is 1. The Kier molecular flexibility index (Phi) is 4.54. The molecule has 0 atom stereocenters. The number of rotatable bonds is 3. The van der Waals surface area contributed by atoms with Crippen molar-refractivity contribution in [3.8, 4) is 0 Å². The molecule has 0 spiro atoms. The first-order valence-electron chi connectivity index (χ1n) is 5.09. The quantitative estimate of drug-likeness (QED) is 0.667. The highest BCUT2D eigenvalue weighted by Gasteiger charge is 2.18. The number of carbonyl (C=O) groups is 1. The van der Waals surface area contributed by atoms with Gasteiger partial charge in [0, 0.05) is 10.4 Å². The van der Waals surface area contributed by atoms with Gasteiger partial charge in [-0.3, -0.25) is 10.2 Å². The molecule has 0 saturated carbocycles. The maximum atomic E-state index is 11.6. The maximum Gasteiger partial charge on any atom is 0.180 e. The van der Waals surface area contributed by atoms with Crippen molar-refractivity contribution in [2.45, 2.75) is 20.8 Å². The molecule has 0 amide bonds. The summed E-state index contributed by atoms with van der Waals surface area (Å²) < 4.78 is 0. The van der Waals surface area contributed by atoms with Gasteiger partial charge in [-0.05, 0) is 18.2 Å². The molecule has 0 aliphatic carbocycles. The van der Waals surface area contributed by atoms with Crippen LogP contribution in [0.3, 0.4) is 0 Å². The molecule has 0 aromatic heterocycles. The zero-order chi connectivity index (χ0) is 13.1. The fraction of sp³-hybridized carbons (Fsp3) is 0.333. The lowest BCUT2D eigenvalue weighted by Gasteiger charge is -2.12. The van der Waals surface area contributed by atoms with Crippen molar-refractivity contribution in [2.75, 3.05) is 5.43 Å². The summed E-state index contributed by atoms with van der Waals surface area (Å²) in [5.74, 6) is -0.0601. The fourth-order valence-electron chi connectivity index (χ4n) is 0.934. The van der Waals surface area contributed by atoms with Crippen LogP contribution in [0.5, 0.6) is 0 Å². The summed E-state index contributed by atoms with van der Waals surface area (Å²) in [6.07, 6.45) is 1.25. The number of nitrogens with zero attached hydrogens (tertiary/aromatic N) is 1. The first-order valence-corrected chi connectivity index (χ1v) is 5.85. The second kappa shape index (κ2) is 5.52. The zero-order valence-corrected chi connectivity index (χ0v) is 11.4. The molecule has 1 rings (SSSR count). The summed E-state index contributed by atoms with van der Waals surface area (Å²) in [5, 5.41) is 4.85. The maximum absolute atomic E-state index is 11.6. The molecule has 3 nitrogen and oxygen atoms in total. The van der Waals surface area contributed by atoms with Crippen molar-refractivity contribution in [1.29, 1.82) is 0 Å². The molecular weight excluding hydrogens is 259 g/mol. The van der Waals surface area contributed by atoms with Crippen LogP contribution in [0.1, 0.15) is 20.8 Å². The largest absolute Gasteiger partial charge is 0.292 e. The van der Waals surface area contributed by atoms with E-state index in [0.717, 1.165) is 0 Å². The highest BCUT2D eigenvalue weighted by atomic mass is 35.5. The van der Waals surface area contributed by atoms with E-state index in [4.69, 9.17) is 23.2 Å². The van der Waals surface area contributed by atoms with Gasteiger partial charge in [0.05, 0.1) is 16.9 Å². The van der Waals surface area contributed by atoms with Crippen molar-refractivity contribution in [3.63, 3.8) is 0 Å². The summed E-state index contributed by atoms with van der Waals surface area (Å²) in [4.78, 5) is 11.6. The van der Waals surface area contributed by atoms with Crippen LogP contribution in [0.2, 0.25) is 10.0 Å². The number of nitrogens with one attached hydrogen (secondary N) is 1. The first kappa shape index (κ1) is 14.0. The zero-order valence-electron chi connectivity index (χ0n) is 9.92. The molecule has 1 N–H and O–H groups in total. The van der Waals surface area contributed by atoms with E-state index in [1.54, 1.807) is 18.2 Å². The summed E-state index contributed by atoms with van der Waals surface area (Å²) in [5.41, 5.74) is 2.87. The minimum atomic E-state index is -0.436. The Hall–Kier alpha value is -1.06. The van der Waals surface area contributed by atoms with Gasteiger partial charge in [-0.15, -0.1) is 0 Å². The smallest absolute Gasteiger partial charge is 0.180 e. The van der Waals surface area contributed by atoms with Gasteiger partial charge in [0.15, 0.2) is 5.78 Å². The standard InChI is InChI=1S/C12H14Cl2N2O/c1-12(2,3)11(17)7-15-16-10-5-4-8(13)6-9(10)14/h4-7,16H,1-3H3/b15-7+. The van der Waals surface area contributed by atoms with Crippen LogP contribution in [0.15, 0.2) is 23.3 Å². The van der Waals surface area contributed by atoms with Gasteiger partial charge in [0.2, 0.25) is 0 Å². The Morgan fingerprint density at radius 2 is 2.00 bits per heavy atom. The number of halogens is 2. The van der Waals surface area contributed by atoms with Crippen LogP contribution in [-0.2, 0) is 4.79 Å². The monoisotopic (exact) mass is 272 g/mol. The van der Waals surface area contributed by atoms with E-state index in [2.05, 4.69) is 10.5 Å². The molecule has 92 valence electrons. The Balaban J connectivity index is 2.68. The number of hydrogen-bond donors (Lipinski definition) is 1. The van der Waals surface area contributed by atoms with Gasteiger partial charge in [0.1, 0.15) is 0 Å². The van der Waals surface area contributed by atoms with Gasteiger partial charge >= 0.3 is 0 Å². The molecule has 0 radical (unpaired) electrons. The number of hydrogen-bond acceptors (Lipinski definition) is 3. The Morgan fingerprint density at radius 3 is 2.53 bits per heavy atom. The molecule has 0 unspecified atom stereocenters. The second-order valence-corrected chi connectivity index (χ2v) is 5.45. The minimum Gasteiger partial charge on any atom is -0.292 e. The SMILES string of the molecule is CC(C)(C)C(=O)/C=N/Nc1ccc(Cl)cc1Cl. The lowest BCUT2D eigenvalue weighted by molar-refractivity contribution is -0.119. The summed E-state index contributed by atoms with van der Waals surface area (Å²) in [6, 6.07) is 4.99. The van der Waals surface area contributed by atoms with Crippen LogP contribution >= 0.6 is 23.2 Å². The number of benzene rings is 1. The van der Waals surface area contributed by atoms with Crippen LogP contribution in [0, 0.1) is 5.41 Å². The molecule has 0 bridgehead atoms. The minimum absolute atomic E-state index is 0.0601. The van der Waals surface area contributed by atoms with E-state index >= 15 is 0 Å². The predicted molar refractivity (Wildman–Crippen MR) is 73.0 cm³/mol. The van der Waals surface area contributed by atoms with E-state index in [9.17, 15) is 4.79 Å². The third-order valence-electron chi connectivity index (χ3n) is 2.04. The Morgan fingerprint density at radius 1 is 1.35 bits per heavy atom. The molecule has 1 aromatic carbocycles. The molecule has 0 aliphatic heterocycles. The van der Waals surface area contributed by atoms with E-state index in [1.165, 1.54) is 6.21 Å². The van der Waals surface area contributed by atoms with Gasteiger partial charge < -0.3 is 0 Å².